The largest absolute Gasteiger partial charge is 0.493 e. The first-order valence-corrected chi connectivity index (χ1v) is 9.14. The molecule has 0 radical (unpaired) electrons. The Hall–Kier alpha value is -2.41. The molecule has 140 valence electrons. The van der Waals surface area contributed by atoms with Gasteiger partial charge in [-0.15, -0.1) is 0 Å². The Labute approximate surface area is 153 Å². The fraction of sp³-hybridized carbons (Fsp3) is 0.526. The maximum absolute atomic E-state index is 13.0. The van der Waals surface area contributed by atoms with Gasteiger partial charge >= 0.3 is 0 Å². The lowest BCUT2D eigenvalue weighted by atomic mass is 9.96. The number of aromatic amines is 1. The zero-order valence-corrected chi connectivity index (χ0v) is 15.4. The van der Waals surface area contributed by atoms with E-state index in [4.69, 9.17) is 9.47 Å². The summed E-state index contributed by atoms with van der Waals surface area (Å²) < 4.78 is 10.7. The highest BCUT2D eigenvalue weighted by atomic mass is 16.5. The summed E-state index contributed by atoms with van der Waals surface area (Å²) in [5.74, 6) is 2.41. The van der Waals surface area contributed by atoms with Crippen molar-refractivity contribution >= 4 is 5.91 Å². The number of hydrogen-bond donors (Lipinski definition) is 1. The van der Waals surface area contributed by atoms with E-state index in [-0.39, 0.29) is 11.8 Å². The molecule has 0 spiro atoms. The van der Waals surface area contributed by atoms with Crippen molar-refractivity contribution in [2.24, 2.45) is 0 Å². The van der Waals surface area contributed by atoms with Gasteiger partial charge in [0.15, 0.2) is 5.82 Å². The lowest BCUT2D eigenvalue weighted by molar-refractivity contribution is 0.0700. The monoisotopic (exact) mass is 358 g/mol. The van der Waals surface area contributed by atoms with Gasteiger partial charge in [0.05, 0.1) is 18.8 Å². The SMILES string of the molecule is CCOc1ccccc1C(=O)N1CCC[C@@H](c2n[nH]c(CCOC)n2)C1. The molecule has 1 fully saturated rings. The molecule has 1 atom stereocenters. The number of likely N-dealkylation sites (tertiary alicyclic amines) is 1. The maximum atomic E-state index is 13.0. The van der Waals surface area contributed by atoms with Gasteiger partial charge in [-0.2, -0.15) is 5.10 Å². The first-order chi connectivity index (χ1) is 12.7. The number of carbonyl (C=O) groups excluding carboxylic acids is 1. The van der Waals surface area contributed by atoms with Crippen molar-refractivity contribution in [3.8, 4) is 5.75 Å². The molecule has 3 rings (SSSR count). The normalized spacial score (nSPS) is 17.3. The summed E-state index contributed by atoms with van der Waals surface area (Å²) in [4.78, 5) is 19.5. The summed E-state index contributed by atoms with van der Waals surface area (Å²) >= 11 is 0. The predicted molar refractivity (Wildman–Crippen MR) is 97.5 cm³/mol. The van der Waals surface area contributed by atoms with Crippen LogP contribution < -0.4 is 4.74 Å². The third-order valence-electron chi connectivity index (χ3n) is 4.58. The van der Waals surface area contributed by atoms with Gasteiger partial charge in [-0.1, -0.05) is 12.1 Å². The summed E-state index contributed by atoms with van der Waals surface area (Å²) in [6.07, 6.45) is 2.63. The smallest absolute Gasteiger partial charge is 0.257 e. The molecule has 0 bridgehead atoms. The molecule has 2 aromatic rings. The Morgan fingerprint density at radius 3 is 3.04 bits per heavy atom. The van der Waals surface area contributed by atoms with Crippen LogP contribution >= 0.6 is 0 Å². The van der Waals surface area contributed by atoms with E-state index in [0.717, 1.165) is 31.0 Å². The van der Waals surface area contributed by atoms with Gasteiger partial charge in [0, 0.05) is 32.5 Å². The number of H-pyrrole nitrogens is 1. The van der Waals surface area contributed by atoms with Crippen LogP contribution in [0.1, 0.15) is 47.7 Å². The highest BCUT2D eigenvalue weighted by Crippen LogP contribution is 2.27. The molecule has 7 nitrogen and oxygen atoms in total. The van der Waals surface area contributed by atoms with Crippen LogP contribution in [0, 0.1) is 0 Å². The van der Waals surface area contributed by atoms with E-state index in [1.54, 1.807) is 7.11 Å². The summed E-state index contributed by atoms with van der Waals surface area (Å²) in [6, 6.07) is 7.42. The van der Waals surface area contributed by atoms with Gasteiger partial charge in [-0.3, -0.25) is 9.89 Å². The molecule has 1 aliphatic rings. The van der Waals surface area contributed by atoms with E-state index in [2.05, 4.69) is 15.2 Å². The van der Waals surface area contributed by atoms with Crippen LogP contribution in [0.2, 0.25) is 0 Å². The van der Waals surface area contributed by atoms with Crippen LogP contribution in [0.5, 0.6) is 5.75 Å². The molecule has 0 aliphatic carbocycles. The van der Waals surface area contributed by atoms with E-state index in [1.165, 1.54) is 0 Å². The molecule has 1 amide bonds. The minimum atomic E-state index is 0.00823. The molecule has 1 N–H and O–H groups in total. The molecule has 0 unspecified atom stereocenters. The van der Waals surface area contributed by atoms with Crippen LogP contribution in [0.25, 0.3) is 0 Å². The molecule has 1 saturated heterocycles. The number of amides is 1. The third kappa shape index (κ3) is 4.22. The number of nitrogens with one attached hydrogen (secondary N) is 1. The topological polar surface area (TPSA) is 80.3 Å². The van der Waals surface area contributed by atoms with Crippen molar-refractivity contribution in [2.45, 2.75) is 32.1 Å². The molecule has 1 aromatic carbocycles. The van der Waals surface area contributed by atoms with Gasteiger partial charge in [-0.25, -0.2) is 4.98 Å². The Bertz CT molecular complexity index is 731. The highest BCUT2D eigenvalue weighted by Gasteiger charge is 2.29. The van der Waals surface area contributed by atoms with Crippen LogP contribution in [-0.2, 0) is 11.2 Å². The number of carbonyl (C=O) groups is 1. The predicted octanol–water partition coefficient (Wildman–Crippen LogP) is 2.41. The quantitative estimate of drug-likeness (QED) is 0.822. The van der Waals surface area contributed by atoms with Crippen LogP contribution in [-0.4, -0.2) is 59.4 Å². The average Bonchev–Trinajstić information content (AvgIpc) is 3.16. The van der Waals surface area contributed by atoms with Crippen LogP contribution in [0.3, 0.4) is 0 Å². The van der Waals surface area contributed by atoms with Crippen molar-refractivity contribution in [3.63, 3.8) is 0 Å². The first-order valence-electron chi connectivity index (χ1n) is 9.14. The Kier molecular flexibility index (Phi) is 6.22. The summed E-state index contributed by atoms with van der Waals surface area (Å²) in [7, 11) is 1.67. The number of ether oxygens (including phenoxy) is 2. The lowest BCUT2D eigenvalue weighted by Crippen LogP contribution is -2.39. The summed E-state index contributed by atoms with van der Waals surface area (Å²) in [5.41, 5.74) is 0.616. The van der Waals surface area contributed by atoms with E-state index in [1.807, 2.05) is 36.1 Å². The number of nitrogens with zero attached hydrogens (tertiary/aromatic N) is 3. The Morgan fingerprint density at radius 2 is 2.23 bits per heavy atom. The van der Waals surface area contributed by atoms with Crippen molar-refractivity contribution < 1.29 is 14.3 Å². The molecule has 7 heteroatoms. The van der Waals surface area contributed by atoms with Gasteiger partial charge in [-0.05, 0) is 31.9 Å². The third-order valence-corrected chi connectivity index (χ3v) is 4.58. The minimum absolute atomic E-state index is 0.00823. The molecule has 2 heterocycles. The fourth-order valence-electron chi connectivity index (χ4n) is 3.27. The molecule has 1 aliphatic heterocycles. The van der Waals surface area contributed by atoms with Crippen molar-refractivity contribution in [1.29, 1.82) is 0 Å². The molecular weight excluding hydrogens is 332 g/mol. The highest BCUT2D eigenvalue weighted by molar-refractivity contribution is 5.97. The zero-order valence-electron chi connectivity index (χ0n) is 15.4. The van der Waals surface area contributed by atoms with Crippen molar-refractivity contribution in [2.75, 3.05) is 33.4 Å². The standard InChI is InChI=1S/C19H26N4O3/c1-3-26-16-9-5-4-8-15(16)19(24)23-11-6-7-14(13-23)18-20-17(21-22-18)10-12-25-2/h4-5,8-9,14H,3,6-7,10-13H2,1-2H3,(H,20,21,22)/t14-/m1/s1. The van der Waals surface area contributed by atoms with E-state index < -0.39 is 0 Å². The Morgan fingerprint density at radius 1 is 1.38 bits per heavy atom. The number of para-hydroxylation sites is 1. The second kappa shape index (κ2) is 8.80. The number of aromatic nitrogens is 3. The Balaban J connectivity index is 1.70. The number of benzene rings is 1. The second-order valence-electron chi connectivity index (χ2n) is 6.40. The number of methoxy groups -OCH3 is 1. The van der Waals surface area contributed by atoms with Gasteiger partial charge in [0.1, 0.15) is 11.6 Å². The van der Waals surface area contributed by atoms with E-state index >= 15 is 0 Å². The maximum Gasteiger partial charge on any atom is 0.257 e. The van der Waals surface area contributed by atoms with E-state index in [0.29, 0.717) is 37.5 Å². The van der Waals surface area contributed by atoms with Crippen LogP contribution in [0.4, 0.5) is 0 Å². The van der Waals surface area contributed by atoms with Gasteiger partial charge in [0.2, 0.25) is 0 Å². The summed E-state index contributed by atoms with van der Waals surface area (Å²) in [6.45, 7) is 4.44. The molecule has 1 aromatic heterocycles. The van der Waals surface area contributed by atoms with Crippen molar-refractivity contribution in [1.82, 2.24) is 20.1 Å². The lowest BCUT2D eigenvalue weighted by Gasteiger charge is -2.31. The zero-order chi connectivity index (χ0) is 18.4. The van der Waals surface area contributed by atoms with Gasteiger partial charge < -0.3 is 14.4 Å². The number of hydrogen-bond acceptors (Lipinski definition) is 5. The fourth-order valence-corrected chi connectivity index (χ4v) is 3.27. The summed E-state index contributed by atoms with van der Waals surface area (Å²) in [5, 5.41) is 7.33. The number of piperidine rings is 1. The molecule has 26 heavy (non-hydrogen) atoms. The van der Waals surface area contributed by atoms with Crippen molar-refractivity contribution in [3.05, 3.63) is 41.5 Å². The average molecular weight is 358 g/mol. The van der Waals surface area contributed by atoms with Crippen LogP contribution in [0.15, 0.2) is 24.3 Å². The van der Waals surface area contributed by atoms with E-state index in [9.17, 15) is 4.79 Å². The minimum Gasteiger partial charge on any atom is -0.493 e. The van der Waals surface area contributed by atoms with Gasteiger partial charge in [0.25, 0.3) is 5.91 Å². The molecular formula is C19H26N4O3. The number of rotatable bonds is 7. The first kappa shape index (κ1) is 18.4. The second-order valence-corrected chi connectivity index (χ2v) is 6.40. The molecule has 0 saturated carbocycles.